The fourth-order valence-corrected chi connectivity index (χ4v) is 11.7. The first-order valence-electron chi connectivity index (χ1n) is 44.7. The number of allylic oxidation sites excluding steroid dienone is 9. The summed E-state index contributed by atoms with van der Waals surface area (Å²) in [5.74, 6) is 12.7. The normalized spacial score (nSPS) is 14.6. The monoisotopic (exact) mass is 1760 g/mol. The second-order valence-corrected chi connectivity index (χ2v) is 44.0. The molecule has 0 unspecified atom stereocenters. The Bertz CT molecular complexity index is 5060. The molecule has 12 rings (SSSR count). The molecule has 18 heteroatoms. The maximum absolute atomic E-state index is 5.30. The zero-order valence-corrected chi connectivity index (χ0v) is 87.4. The Balaban J connectivity index is 0.000000709. The van der Waals surface area contributed by atoms with Gasteiger partial charge in [0.2, 0.25) is 0 Å². The van der Waals surface area contributed by atoms with E-state index < -0.39 is 0 Å². The summed E-state index contributed by atoms with van der Waals surface area (Å²) in [5.41, 5.74) is 22.7. The van der Waals surface area contributed by atoms with E-state index in [2.05, 4.69) is 413 Å². The van der Waals surface area contributed by atoms with Crippen LogP contribution in [0.3, 0.4) is 0 Å². The summed E-state index contributed by atoms with van der Waals surface area (Å²) in [4.78, 5) is 25.5. The van der Waals surface area contributed by atoms with Crippen LogP contribution in [0.25, 0.3) is 12.2 Å². The van der Waals surface area contributed by atoms with Gasteiger partial charge >= 0.3 is 0 Å². The Hall–Kier alpha value is -11.8. The molecule has 0 saturated carbocycles. The highest BCUT2D eigenvalue weighted by Crippen LogP contribution is 2.34. The quantitative estimate of drug-likeness (QED) is 0.161. The third-order valence-corrected chi connectivity index (χ3v) is 19.8. The van der Waals surface area contributed by atoms with Crippen LogP contribution >= 0.6 is 0 Å². The SMILES string of the molecule is C#CC1=NCC(C(C)(C)C)=C1.C#CC1=NCC=C1C(C)(C)C.C#CC1=NCC=C1C(C)(C)C.C#Cc1cc(C(C)(C)C)n[nH]1.C#Cc1ccn(C(C)(C)C)n1.C=CC1=NCC(C(C)(C)C)=C1.C=CC1=NCC=C1C(C)(C)C.C=CC1=NCC=C1C(C)(C)C.C=Cc1cc(C(C)(C)C)[nH]n1.C=Cc1ccn(C(C)(C)C)n1.Cc1ccn(C(C)(C)C)n1.Cc1ccn(C(C)(C)C)n1. The second-order valence-electron chi connectivity index (χ2n) is 44.0. The van der Waals surface area contributed by atoms with Gasteiger partial charge in [0.1, 0.15) is 28.5 Å². The van der Waals surface area contributed by atoms with Gasteiger partial charge in [-0.3, -0.25) is 58.9 Å². The summed E-state index contributed by atoms with van der Waals surface area (Å²) in [6.07, 6.45) is 55.8. The second kappa shape index (κ2) is 49.8. The Morgan fingerprint density at radius 2 is 0.715 bits per heavy atom. The molecule has 0 spiro atoms. The van der Waals surface area contributed by atoms with Crippen molar-refractivity contribution in [1.29, 1.82) is 0 Å². The number of terminal acetylenes is 5. The Morgan fingerprint density at radius 1 is 0.338 bits per heavy atom. The van der Waals surface area contributed by atoms with Gasteiger partial charge in [-0.05, 0) is 248 Å². The molecule has 702 valence electrons. The van der Waals surface area contributed by atoms with Crippen molar-refractivity contribution in [3.63, 3.8) is 0 Å². The maximum atomic E-state index is 5.30. The number of H-pyrrole nitrogens is 2. The molecule has 6 aliphatic rings. The number of aliphatic imine (C=N–C) groups is 6. The Morgan fingerprint density at radius 3 is 0.931 bits per heavy atom. The molecule has 2 N–H and O–H groups in total. The molecule has 0 aliphatic carbocycles. The smallest absolute Gasteiger partial charge is 0.135 e. The van der Waals surface area contributed by atoms with Crippen molar-refractivity contribution in [2.75, 3.05) is 39.3 Å². The van der Waals surface area contributed by atoms with Crippen LogP contribution in [0.2, 0.25) is 0 Å². The number of nitrogens with zero attached hydrogens (tertiary/aromatic N) is 16. The lowest BCUT2D eigenvalue weighted by atomic mass is 9.84. The Labute approximate surface area is 788 Å². The average molecular weight is 1760 g/mol. The number of hydrogen-bond donors (Lipinski definition) is 2. The first-order chi connectivity index (χ1) is 59.4. The topological polar surface area (TPSA) is 203 Å². The van der Waals surface area contributed by atoms with Gasteiger partial charge in [-0.1, -0.05) is 247 Å². The van der Waals surface area contributed by atoms with Crippen molar-refractivity contribution in [2.45, 2.75) is 296 Å². The third kappa shape index (κ3) is 41.8. The number of aryl methyl sites for hydroxylation is 2. The van der Waals surface area contributed by atoms with Gasteiger partial charge < -0.3 is 0 Å². The molecule has 6 aromatic rings. The van der Waals surface area contributed by atoms with E-state index in [1.54, 1.807) is 18.2 Å². The lowest BCUT2D eigenvalue weighted by molar-refractivity contribution is 0.354. The van der Waals surface area contributed by atoms with Gasteiger partial charge in [0.05, 0.1) is 107 Å². The lowest BCUT2D eigenvalue weighted by Gasteiger charge is -2.20. The summed E-state index contributed by atoms with van der Waals surface area (Å²) in [7, 11) is 0. The molecule has 0 fully saturated rings. The number of hydrogen-bond acceptors (Lipinski definition) is 12. The number of rotatable bonds is 5. The highest BCUT2D eigenvalue weighted by Gasteiger charge is 2.28. The molecule has 130 heavy (non-hydrogen) atoms. The van der Waals surface area contributed by atoms with Crippen LogP contribution in [-0.2, 0) is 33.0 Å². The van der Waals surface area contributed by atoms with Gasteiger partial charge in [-0.2, -0.15) is 30.6 Å². The minimum atomic E-state index is 0.0229. The minimum Gasteiger partial charge on any atom is -0.281 e. The molecule has 6 aromatic heterocycles. The zero-order chi connectivity index (χ0) is 100. The van der Waals surface area contributed by atoms with Crippen molar-refractivity contribution < 1.29 is 0 Å². The van der Waals surface area contributed by atoms with Gasteiger partial charge in [0.15, 0.2) is 0 Å². The van der Waals surface area contributed by atoms with E-state index >= 15 is 0 Å². The molecule has 18 nitrogen and oxygen atoms in total. The largest absolute Gasteiger partial charge is 0.281 e. The van der Waals surface area contributed by atoms with Crippen LogP contribution in [0.15, 0.2) is 212 Å². The molecule has 6 aliphatic heterocycles. The maximum Gasteiger partial charge on any atom is 0.135 e. The first-order valence-corrected chi connectivity index (χ1v) is 44.7. The van der Waals surface area contributed by atoms with E-state index in [-0.39, 0.29) is 65.5 Å². The average Bonchev–Trinajstić information content (AvgIpc) is 1.70. The standard InChI is InChI=1S/C10H15N.C10H13N.2C10H15N.2C10H13N.C9H14N2.C9H12N2.C9H14N2.C9H12N2.2C8H14N2/c2*1-5-9-6-8(7-11-9)10(2,3)4;4*1-5-9-8(6-7-11-9)10(2,3)4;2*1-5-8-6-7-11(10-8)9(2,3)4;2*1-5-7-6-8(11-10-7)9(2,3)4;2*1-7-5-6-10(9-7)8(2,3)4/h5-6H,1,7H2,2-4H3;1,6H,7H2,2-4H3;2*5-6H,1,7H2,2-4H3;2*1,6H,7H2,2-4H3;5-7H,1H2,2-4H3;1,6-7H,2-4H3;5-6H,1H2,2-4H3,(H,10,11);1,6H,2-4H3,(H,10,11);2*5-6H,1-4H3. The predicted molar refractivity (Wildman–Crippen MR) is 565 cm³/mol. The first kappa shape index (κ1) is 116. The minimum absolute atomic E-state index is 0.0229. The fraction of sp³-hybridized carbons (Fsp3) is 0.500. The molecular weight excluding hydrogens is 1600 g/mol. The zero-order valence-electron chi connectivity index (χ0n) is 87.4. The van der Waals surface area contributed by atoms with Crippen molar-refractivity contribution >= 4 is 46.4 Å². The molecule has 0 radical (unpaired) electrons. The highest BCUT2D eigenvalue weighted by atomic mass is 15.3. The van der Waals surface area contributed by atoms with E-state index in [0.717, 1.165) is 113 Å². The lowest BCUT2D eigenvalue weighted by Crippen LogP contribution is -2.22. The van der Waals surface area contributed by atoms with Gasteiger partial charge in [-0.25, -0.2) is 0 Å². The van der Waals surface area contributed by atoms with Crippen molar-refractivity contribution in [3.05, 3.63) is 228 Å². The molecule has 0 aromatic carbocycles. The van der Waals surface area contributed by atoms with E-state index in [4.69, 9.17) is 32.1 Å². The Kier molecular flexibility index (Phi) is 44.6. The van der Waals surface area contributed by atoms with E-state index in [9.17, 15) is 0 Å². The van der Waals surface area contributed by atoms with Crippen LogP contribution < -0.4 is 0 Å². The number of nitrogens with one attached hydrogen (secondary N) is 2. The molecule has 0 bridgehead atoms. The van der Waals surface area contributed by atoms with Gasteiger partial charge in [0.25, 0.3) is 0 Å². The number of aromatic nitrogens is 12. The number of aromatic amines is 2. The van der Waals surface area contributed by atoms with Crippen molar-refractivity contribution in [1.82, 2.24) is 59.5 Å². The summed E-state index contributed by atoms with van der Waals surface area (Å²) in [5, 5.41) is 31.0. The van der Waals surface area contributed by atoms with Crippen LogP contribution in [0.5, 0.6) is 0 Å². The molecule has 0 atom stereocenters. The predicted octanol–water partition coefficient (Wildman–Crippen LogP) is 25.8. The van der Waals surface area contributed by atoms with Crippen LogP contribution in [0.4, 0.5) is 0 Å². The molecule has 12 heterocycles. The summed E-state index contributed by atoms with van der Waals surface area (Å²) < 4.78 is 7.75. The van der Waals surface area contributed by atoms with Crippen LogP contribution in [-0.4, -0.2) is 133 Å². The highest BCUT2D eigenvalue weighted by molar-refractivity contribution is 6.15. The van der Waals surface area contributed by atoms with Gasteiger partial charge in [0, 0.05) is 41.3 Å². The molecule has 0 saturated heterocycles. The van der Waals surface area contributed by atoms with Crippen LogP contribution in [0.1, 0.15) is 295 Å². The van der Waals surface area contributed by atoms with E-state index in [1.807, 2.05) is 112 Å². The van der Waals surface area contributed by atoms with E-state index in [0.29, 0.717) is 5.69 Å². The van der Waals surface area contributed by atoms with Crippen molar-refractivity contribution in [2.24, 2.45) is 62.4 Å². The van der Waals surface area contributed by atoms with E-state index in [1.165, 1.54) is 33.4 Å². The van der Waals surface area contributed by atoms with Crippen molar-refractivity contribution in [3.8, 4) is 61.7 Å². The third-order valence-electron chi connectivity index (χ3n) is 19.8. The summed E-state index contributed by atoms with van der Waals surface area (Å²) in [6.45, 7) is 105. The molecular formula is C112H164N18. The molecule has 0 amide bonds. The summed E-state index contributed by atoms with van der Waals surface area (Å²) >= 11 is 0. The van der Waals surface area contributed by atoms with Gasteiger partial charge in [-0.15, -0.1) is 32.1 Å². The summed E-state index contributed by atoms with van der Waals surface area (Å²) in [6, 6.07) is 11.8. The fourth-order valence-electron chi connectivity index (χ4n) is 11.7. The van der Waals surface area contributed by atoms with Crippen LogP contribution in [0, 0.1) is 108 Å².